The fraction of sp³-hybridized carbons (Fsp3) is 0. The van der Waals surface area contributed by atoms with E-state index in [-0.39, 0.29) is 0 Å². The summed E-state index contributed by atoms with van der Waals surface area (Å²) in [4.78, 5) is 0. The Bertz CT molecular complexity index is 2710. The van der Waals surface area contributed by atoms with E-state index < -0.39 is 0 Å². The number of rotatable bonds is 2. The molecule has 0 amide bonds. The Hall–Kier alpha value is -5.88. The van der Waals surface area contributed by atoms with Crippen LogP contribution in [-0.2, 0) is 0 Å². The summed E-state index contributed by atoms with van der Waals surface area (Å²) in [5.41, 5.74) is 7.87. The Kier molecular flexibility index (Phi) is 4.87. The van der Waals surface area contributed by atoms with Crippen molar-refractivity contribution < 1.29 is 0 Å². The summed E-state index contributed by atoms with van der Waals surface area (Å²) in [7, 11) is 0. The van der Waals surface area contributed by atoms with Gasteiger partial charge < -0.3 is 9.13 Å². The Balaban J connectivity index is 1.33. The summed E-state index contributed by atoms with van der Waals surface area (Å²) in [6.07, 6.45) is 0. The summed E-state index contributed by atoms with van der Waals surface area (Å²) in [5.74, 6) is 0. The van der Waals surface area contributed by atoms with Crippen molar-refractivity contribution in [2.24, 2.45) is 0 Å². The lowest BCUT2D eigenvalue weighted by Gasteiger charge is -2.10. The first-order valence-corrected chi connectivity index (χ1v) is 14.9. The molecule has 0 aliphatic heterocycles. The largest absolute Gasteiger partial charge is 0.309 e. The maximum Gasteiger partial charge on any atom is 0.0992 e. The van der Waals surface area contributed by atoms with Crippen LogP contribution in [-0.4, -0.2) is 9.13 Å². The first-order chi connectivity index (χ1) is 21.2. The normalized spacial score (nSPS) is 11.7. The maximum atomic E-state index is 9.69. The topological polar surface area (TPSA) is 57.4 Å². The first kappa shape index (κ1) is 23.8. The first-order valence-electron chi connectivity index (χ1n) is 14.1. The molecule has 3 aromatic heterocycles. The van der Waals surface area contributed by atoms with Gasteiger partial charge in [-0.05, 0) is 66.7 Å². The second-order valence-electron chi connectivity index (χ2n) is 10.8. The van der Waals surface area contributed by atoms with Gasteiger partial charge in [0.25, 0.3) is 0 Å². The van der Waals surface area contributed by atoms with E-state index in [1.165, 1.54) is 25.6 Å². The van der Waals surface area contributed by atoms with Crippen LogP contribution in [0.2, 0.25) is 0 Å². The molecule has 4 nitrogen and oxygen atoms in total. The number of aromatic nitrogens is 2. The molecule has 0 N–H and O–H groups in total. The summed E-state index contributed by atoms with van der Waals surface area (Å²) in [6.45, 7) is 0. The van der Waals surface area contributed by atoms with Crippen molar-refractivity contribution in [2.75, 3.05) is 0 Å². The quantitative estimate of drug-likeness (QED) is 0.210. The highest BCUT2D eigenvalue weighted by Gasteiger charge is 2.18. The monoisotopic (exact) mass is 564 g/mol. The summed E-state index contributed by atoms with van der Waals surface area (Å²) < 4.78 is 7.04. The molecular weight excluding hydrogens is 545 g/mol. The molecule has 6 aromatic carbocycles. The molecule has 0 aliphatic rings. The van der Waals surface area contributed by atoms with Gasteiger partial charge in [-0.1, -0.05) is 54.6 Å². The van der Waals surface area contributed by atoms with E-state index in [0.717, 1.165) is 49.6 Å². The van der Waals surface area contributed by atoms with Crippen molar-refractivity contribution >= 4 is 75.1 Å². The lowest BCUT2D eigenvalue weighted by molar-refractivity contribution is 1.19. The molecule has 9 rings (SSSR count). The number of nitriles is 2. The predicted molar refractivity (Wildman–Crippen MR) is 177 cm³/mol. The highest BCUT2D eigenvalue weighted by Crippen LogP contribution is 2.42. The van der Waals surface area contributed by atoms with Crippen molar-refractivity contribution in [1.82, 2.24) is 9.13 Å². The van der Waals surface area contributed by atoms with E-state index in [0.29, 0.717) is 11.1 Å². The van der Waals surface area contributed by atoms with Crippen LogP contribution >= 0.6 is 11.3 Å². The number of hydrogen-bond donors (Lipinski definition) is 0. The molecule has 0 saturated carbocycles. The number of benzene rings is 6. The third-order valence-corrected chi connectivity index (χ3v) is 9.77. The number of fused-ring (bicyclic) bond motifs is 9. The second-order valence-corrected chi connectivity index (χ2v) is 11.9. The van der Waals surface area contributed by atoms with Crippen molar-refractivity contribution in [3.8, 4) is 23.5 Å². The molecule has 0 aliphatic carbocycles. The molecule has 0 fully saturated rings. The van der Waals surface area contributed by atoms with Gasteiger partial charge >= 0.3 is 0 Å². The molecule has 0 radical (unpaired) electrons. The van der Waals surface area contributed by atoms with Gasteiger partial charge in [-0.15, -0.1) is 11.3 Å². The average Bonchev–Trinajstić information content (AvgIpc) is 3.71. The Morgan fingerprint density at radius 3 is 1.93 bits per heavy atom. The number of para-hydroxylation sites is 2. The van der Waals surface area contributed by atoms with E-state index in [1.807, 2.05) is 24.3 Å². The van der Waals surface area contributed by atoms with E-state index in [1.54, 1.807) is 11.3 Å². The van der Waals surface area contributed by atoms with Gasteiger partial charge in [0.15, 0.2) is 0 Å². The van der Waals surface area contributed by atoms with E-state index >= 15 is 0 Å². The lowest BCUT2D eigenvalue weighted by Crippen LogP contribution is -1.94. The van der Waals surface area contributed by atoms with Gasteiger partial charge in [-0.2, -0.15) is 10.5 Å². The minimum atomic E-state index is 0.651. The lowest BCUT2D eigenvalue weighted by atomic mass is 10.1. The van der Waals surface area contributed by atoms with Gasteiger partial charge in [0.05, 0.1) is 55.7 Å². The van der Waals surface area contributed by atoms with Gasteiger partial charge in [0, 0.05) is 42.7 Å². The van der Waals surface area contributed by atoms with Crippen molar-refractivity contribution in [2.45, 2.75) is 0 Å². The molecule has 43 heavy (non-hydrogen) atoms. The molecule has 3 heterocycles. The molecular formula is C38H20N4S. The van der Waals surface area contributed by atoms with Gasteiger partial charge in [-0.25, -0.2) is 0 Å². The van der Waals surface area contributed by atoms with Gasteiger partial charge in [0.1, 0.15) is 0 Å². The molecule has 198 valence electrons. The van der Waals surface area contributed by atoms with Crippen LogP contribution in [0.1, 0.15) is 11.1 Å². The number of thiophene rings is 1. The summed E-state index contributed by atoms with van der Waals surface area (Å²) in [5, 5.41) is 26.2. The zero-order chi connectivity index (χ0) is 28.7. The molecule has 9 aromatic rings. The zero-order valence-electron chi connectivity index (χ0n) is 22.7. The standard InChI is InChI=1S/C38H20N4S/c39-21-23-13-16-34-30(18-23)27-7-2-3-9-32(27)41(34)25-14-17-37-31(20-25)29-8-5-11-35(38(29)43-37)42-33-10-4-1-6-26(33)28-15-12-24(22-40)19-36(28)42/h1-20H. The fourth-order valence-corrected chi connectivity index (χ4v) is 7.89. The Labute approximate surface area is 250 Å². The molecule has 0 saturated heterocycles. The van der Waals surface area contributed by atoms with Crippen LogP contribution in [0.25, 0.3) is 75.2 Å². The van der Waals surface area contributed by atoms with Gasteiger partial charge in [-0.3, -0.25) is 0 Å². The van der Waals surface area contributed by atoms with Crippen LogP contribution in [0.15, 0.2) is 121 Å². The SMILES string of the molecule is N#Cc1ccc2c(c1)c1ccccc1n2-c1ccc2sc3c(-n4c5ccccc5c5ccc(C#N)cc54)cccc3c2c1. The zero-order valence-corrected chi connectivity index (χ0v) is 23.6. The van der Waals surface area contributed by atoms with Crippen LogP contribution < -0.4 is 0 Å². The third kappa shape index (κ3) is 3.29. The molecule has 0 spiro atoms. The molecule has 0 unspecified atom stereocenters. The summed E-state index contributed by atoms with van der Waals surface area (Å²) in [6, 6.07) is 46.6. The van der Waals surface area contributed by atoms with Crippen LogP contribution in [0.4, 0.5) is 0 Å². The molecule has 0 bridgehead atoms. The number of hydrogen-bond acceptors (Lipinski definition) is 3. The predicted octanol–water partition coefficient (Wildman–Crippen LogP) is 9.99. The maximum absolute atomic E-state index is 9.69. The van der Waals surface area contributed by atoms with Crippen LogP contribution in [0, 0.1) is 22.7 Å². The molecule has 5 heteroatoms. The minimum absolute atomic E-state index is 0.651. The highest BCUT2D eigenvalue weighted by atomic mass is 32.1. The Morgan fingerprint density at radius 1 is 0.465 bits per heavy atom. The van der Waals surface area contributed by atoms with Crippen LogP contribution in [0.5, 0.6) is 0 Å². The third-order valence-electron chi connectivity index (χ3n) is 8.56. The molecule has 0 atom stereocenters. The fourth-order valence-electron chi connectivity index (χ4n) is 6.71. The van der Waals surface area contributed by atoms with Gasteiger partial charge in [0.2, 0.25) is 0 Å². The average molecular weight is 565 g/mol. The van der Waals surface area contributed by atoms with Crippen molar-refractivity contribution in [3.63, 3.8) is 0 Å². The minimum Gasteiger partial charge on any atom is -0.309 e. The second kappa shape index (κ2) is 8.81. The smallest absolute Gasteiger partial charge is 0.0992 e. The van der Waals surface area contributed by atoms with E-state index in [9.17, 15) is 10.5 Å². The van der Waals surface area contributed by atoms with E-state index in [2.05, 4.69) is 118 Å². The number of nitrogens with zero attached hydrogens (tertiary/aromatic N) is 4. The Morgan fingerprint density at radius 2 is 1.12 bits per heavy atom. The summed E-state index contributed by atoms with van der Waals surface area (Å²) >= 11 is 1.80. The highest BCUT2D eigenvalue weighted by molar-refractivity contribution is 7.26. The van der Waals surface area contributed by atoms with Crippen molar-refractivity contribution in [1.29, 1.82) is 10.5 Å². The van der Waals surface area contributed by atoms with Crippen molar-refractivity contribution in [3.05, 3.63) is 132 Å². The van der Waals surface area contributed by atoms with Crippen LogP contribution in [0.3, 0.4) is 0 Å². The van der Waals surface area contributed by atoms with E-state index in [4.69, 9.17) is 0 Å².